The molecule has 0 spiro atoms. The van der Waals surface area contributed by atoms with Gasteiger partial charge in [0, 0.05) is 12.1 Å². The van der Waals surface area contributed by atoms with Gasteiger partial charge in [-0.25, -0.2) is 0 Å². The van der Waals surface area contributed by atoms with E-state index < -0.39 is 11.5 Å². The maximum Gasteiger partial charge on any atom is 0.323 e. The average molecular weight is 211 g/mol. The van der Waals surface area contributed by atoms with Crippen LogP contribution in [0, 0.1) is 0 Å². The largest absolute Gasteiger partial charge is 0.480 e. The number of carboxylic acid groups (broad SMARTS) is 1. The molecule has 1 aromatic heterocycles. The maximum absolute atomic E-state index is 11.1. The molecule has 0 aliphatic rings. The van der Waals surface area contributed by atoms with Crippen LogP contribution in [-0.2, 0) is 11.3 Å². The number of rotatable bonds is 5. The van der Waals surface area contributed by atoms with E-state index in [2.05, 4.69) is 0 Å². The Morgan fingerprint density at radius 2 is 2.27 bits per heavy atom. The predicted molar refractivity (Wildman–Crippen MR) is 56.5 cm³/mol. The van der Waals surface area contributed by atoms with Crippen LogP contribution in [0.4, 0.5) is 0 Å². The van der Waals surface area contributed by atoms with Gasteiger partial charge < -0.3 is 9.52 Å². The number of carboxylic acids is 1. The van der Waals surface area contributed by atoms with E-state index in [1.165, 1.54) is 0 Å². The first kappa shape index (κ1) is 11.8. The second kappa shape index (κ2) is 4.49. The molecule has 0 bridgehead atoms. The molecule has 1 N–H and O–H groups in total. The Kier molecular flexibility index (Phi) is 3.52. The van der Waals surface area contributed by atoms with Crippen molar-refractivity contribution in [1.82, 2.24) is 4.90 Å². The van der Waals surface area contributed by atoms with E-state index in [1.807, 2.05) is 17.9 Å². The van der Waals surface area contributed by atoms with Crippen LogP contribution in [0.25, 0.3) is 0 Å². The summed E-state index contributed by atoms with van der Waals surface area (Å²) in [6.07, 6.45) is 3.23. The molecule has 0 amide bonds. The summed E-state index contributed by atoms with van der Waals surface area (Å²) in [7, 11) is 0. The van der Waals surface area contributed by atoms with Gasteiger partial charge in [-0.15, -0.1) is 0 Å². The van der Waals surface area contributed by atoms with E-state index in [4.69, 9.17) is 9.52 Å². The zero-order valence-corrected chi connectivity index (χ0v) is 9.36. The van der Waals surface area contributed by atoms with Gasteiger partial charge in [-0.1, -0.05) is 6.92 Å². The summed E-state index contributed by atoms with van der Waals surface area (Å²) >= 11 is 0. The fourth-order valence-electron chi connectivity index (χ4n) is 1.44. The minimum atomic E-state index is -0.855. The van der Waals surface area contributed by atoms with Crippen LogP contribution in [0.1, 0.15) is 26.3 Å². The van der Waals surface area contributed by atoms with E-state index >= 15 is 0 Å². The van der Waals surface area contributed by atoms with Crippen molar-refractivity contribution in [2.75, 3.05) is 6.54 Å². The first-order valence-corrected chi connectivity index (χ1v) is 4.98. The lowest BCUT2D eigenvalue weighted by Crippen LogP contribution is -2.49. The van der Waals surface area contributed by atoms with Crippen LogP contribution >= 0.6 is 0 Å². The zero-order chi connectivity index (χ0) is 11.5. The van der Waals surface area contributed by atoms with Gasteiger partial charge in [0.2, 0.25) is 0 Å². The number of hydrogen-bond acceptors (Lipinski definition) is 3. The van der Waals surface area contributed by atoms with Crippen molar-refractivity contribution in [3.63, 3.8) is 0 Å². The SMILES string of the molecule is CCN(Cc1ccoc1)C(C)(C)C(=O)O. The Hall–Kier alpha value is -1.29. The predicted octanol–water partition coefficient (Wildman–Crippen LogP) is 1.96. The Morgan fingerprint density at radius 1 is 1.60 bits per heavy atom. The summed E-state index contributed by atoms with van der Waals surface area (Å²) in [5.74, 6) is -0.812. The van der Waals surface area contributed by atoms with Gasteiger partial charge in [0.05, 0.1) is 12.5 Å². The van der Waals surface area contributed by atoms with Gasteiger partial charge in [0.25, 0.3) is 0 Å². The molecule has 1 heterocycles. The Bertz CT molecular complexity index is 317. The van der Waals surface area contributed by atoms with E-state index in [9.17, 15) is 4.79 Å². The number of hydrogen-bond donors (Lipinski definition) is 1. The van der Waals surface area contributed by atoms with Crippen LogP contribution in [0.2, 0.25) is 0 Å². The van der Waals surface area contributed by atoms with Crippen LogP contribution in [0.3, 0.4) is 0 Å². The van der Waals surface area contributed by atoms with Gasteiger partial charge in [-0.2, -0.15) is 0 Å². The molecule has 1 aromatic rings. The summed E-state index contributed by atoms with van der Waals surface area (Å²) in [6, 6.07) is 1.85. The molecule has 0 unspecified atom stereocenters. The fourth-order valence-corrected chi connectivity index (χ4v) is 1.44. The third-order valence-electron chi connectivity index (χ3n) is 2.65. The van der Waals surface area contributed by atoms with Crippen molar-refractivity contribution in [3.05, 3.63) is 24.2 Å². The number of furan rings is 1. The number of likely N-dealkylation sites (N-methyl/N-ethyl adjacent to an activating group) is 1. The molecule has 0 saturated heterocycles. The van der Waals surface area contributed by atoms with Crippen LogP contribution < -0.4 is 0 Å². The summed E-state index contributed by atoms with van der Waals surface area (Å²) in [6.45, 7) is 6.64. The van der Waals surface area contributed by atoms with Gasteiger partial charge >= 0.3 is 5.97 Å². The number of aliphatic carboxylic acids is 1. The zero-order valence-electron chi connectivity index (χ0n) is 9.36. The Balaban J connectivity index is 2.76. The third-order valence-corrected chi connectivity index (χ3v) is 2.65. The van der Waals surface area contributed by atoms with E-state index in [-0.39, 0.29) is 0 Å². The molecule has 0 atom stereocenters. The van der Waals surface area contributed by atoms with E-state index in [1.54, 1.807) is 26.4 Å². The van der Waals surface area contributed by atoms with Gasteiger partial charge in [0.1, 0.15) is 5.54 Å². The lowest BCUT2D eigenvalue weighted by atomic mass is 10.0. The average Bonchev–Trinajstić information content (AvgIpc) is 2.65. The molecule has 0 aliphatic carbocycles. The number of carbonyl (C=O) groups is 1. The van der Waals surface area contributed by atoms with Crippen molar-refractivity contribution < 1.29 is 14.3 Å². The lowest BCUT2D eigenvalue weighted by molar-refractivity contribution is -0.149. The fraction of sp³-hybridized carbons (Fsp3) is 0.545. The Morgan fingerprint density at radius 3 is 2.67 bits per heavy atom. The molecular weight excluding hydrogens is 194 g/mol. The van der Waals surface area contributed by atoms with Crippen LogP contribution in [0.5, 0.6) is 0 Å². The summed E-state index contributed by atoms with van der Waals surface area (Å²) in [5.41, 5.74) is 0.137. The number of nitrogens with zero attached hydrogens (tertiary/aromatic N) is 1. The topological polar surface area (TPSA) is 53.7 Å². The molecule has 0 aromatic carbocycles. The highest BCUT2D eigenvalue weighted by Gasteiger charge is 2.33. The lowest BCUT2D eigenvalue weighted by Gasteiger charge is -2.33. The van der Waals surface area contributed by atoms with Crippen molar-refractivity contribution in [2.24, 2.45) is 0 Å². The minimum Gasteiger partial charge on any atom is -0.480 e. The molecule has 0 fully saturated rings. The molecule has 4 nitrogen and oxygen atoms in total. The second-order valence-corrected chi connectivity index (χ2v) is 4.01. The molecule has 1 rings (SSSR count). The highest BCUT2D eigenvalue weighted by molar-refractivity contribution is 5.77. The van der Waals surface area contributed by atoms with E-state index in [0.717, 1.165) is 5.56 Å². The summed E-state index contributed by atoms with van der Waals surface area (Å²) in [4.78, 5) is 13.0. The van der Waals surface area contributed by atoms with Gasteiger partial charge in [0.15, 0.2) is 0 Å². The third kappa shape index (κ3) is 2.59. The quantitative estimate of drug-likeness (QED) is 0.809. The molecule has 0 aliphatic heterocycles. The monoisotopic (exact) mass is 211 g/mol. The molecule has 15 heavy (non-hydrogen) atoms. The normalized spacial score (nSPS) is 12.0. The van der Waals surface area contributed by atoms with Crippen molar-refractivity contribution in [1.29, 1.82) is 0 Å². The van der Waals surface area contributed by atoms with Crippen LogP contribution in [-0.4, -0.2) is 28.1 Å². The molecular formula is C11H17NO3. The van der Waals surface area contributed by atoms with Gasteiger partial charge in [-0.3, -0.25) is 9.69 Å². The molecule has 4 heteroatoms. The van der Waals surface area contributed by atoms with Crippen molar-refractivity contribution >= 4 is 5.97 Å². The summed E-state index contributed by atoms with van der Waals surface area (Å²) in [5, 5.41) is 9.11. The standard InChI is InChI=1S/C11H17NO3/c1-4-12(11(2,3)10(13)14)7-9-5-6-15-8-9/h5-6,8H,4,7H2,1-3H3,(H,13,14). The molecule has 0 saturated carbocycles. The highest BCUT2D eigenvalue weighted by atomic mass is 16.4. The molecule has 84 valence electrons. The second-order valence-electron chi connectivity index (χ2n) is 4.01. The minimum absolute atomic E-state index is 0.590. The Labute approximate surface area is 89.5 Å². The molecule has 0 radical (unpaired) electrons. The summed E-state index contributed by atoms with van der Waals surface area (Å²) < 4.78 is 4.96. The van der Waals surface area contributed by atoms with E-state index in [0.29, 0.717) is 13.1 Å². The smallest absolute Gasteiger partial charge is 0.323 e. The first-order chi connectivity index (χ1) is 6.98. The van der Waals surface area contributed by atoms with Crippen molar-refractivity contribution in [3.8, 4) is 0 Å². The van der Waals surface area contributed by atoms with Crippen molar-refractivity contribution in [2.45, 2.75) is 32.9 Å². The first-order valence-electron chi connectivity index (χ1n) is 4.98. The van der Waals surface area contributed by atoms with Crippen LogP contribution in [0.15, 0.2) is 23.0 Å². The maximum atomic E-state index is 11.1. The highest BCUT2D eigenvalue weighted by Crippen LogP contribution is 2.18. The van der Waals surface area contributed by atoms with Gasteiger partial charge in [-0.05, 0) is 26.5 Å².